The number of aromatic nitrogens is 1. The van der Waals surface area contributed by atoms with Crippen LogP contribution in [-0.2, 0) is 18.5 Å². The fourth-order valence-corrected chi connectivity index (χ4v) is 2.13. The van der Waals surface area contributed by atoms with Gasteiger partial charge in [0.05, 0.1) is 24.2 Å². The molecular formula is C18H26IN5O3. The molecule has 0 spiro atoms. The van der Waals surface area contributed by atoms with Gasteiger partial charge in [0.2, 0.25) is 5.89 Å². The van der Waals surface area contributed by atoms with Gasteiger partial charge in [-0.15, -0.1) is 24.0 Å². The number of aliphatic imine (C=N–C) groups is 1. The maximum absolute atomic E-state index is 10.7. The van der Waals surface area contributed by atoms with Gasteiger partial charge < -0.3 is 15.1 Å². The molecule has 9 heteroatoms. The molecule has 27 heavy (non-hydrogen) atoms. The Labute approximate surface area is 176 Å². The minimum Gasteiger partial charge on any atom is -0.443 e. The van der Waals surface area contributed by atoms with Gasteiger partial charge in [-0.1, -0.05) is 32.9 Å². The van der Waals surface area contributed by atoms with Crippen molar-refractivity contribution in [2.75, 3.05) is 6.54 Å². The van der Waals surface area contributed by atoms with Gasteiger partial charge in [0.15, 0.2) is 5.96 Å². The number of benzene rings is 1. The Hall–Kier alpha value is -2.17. The van der Waals surface area contributed by atoms with Crippen LogP contribution in [0.25, 0.3) is 0 Å². The summed E-state index contributed by atoms with van der Waals surface area (Å²) in [4.78, 5) is 19.0. The minimum absolute atomic E-state index is 0. The van der Waals surface area contributed by atoms with Gasteiger partial charge >= 0.3 is 0 Å². The zero-order valence-corrected chi connectivity index (χ0v) is 18.3. The zero-order chi connectivity index (χ0) is 19.2. The normalized spacial score (nSPS) is 11.6. The lowest BCUT2D eigenvalue weighted by Gasteiger charge is -2.13. The van der Waals surface area contributed by atoms with E-state index < -0.39 is 4.92 Å². The first kappa shape index (κ1) is 22.9. The molecule has 0 aliphatic heterocycles. The minimum atomic E-state index is -0.416. The molecule has 0 fully saturated rings. The van der Waals surface area contributed by atoms with Gasteiger partial charge in [-0.2, -0.15) is 0 Å². The van der Waals surface area contributed by atoms with Crippen molar-refractivity contribution >= 4 is 35.6 Å². The molecule has 1 heterocycles. The van der Waals surface area contributed by atoms with Crippen LogP contribution >= 0.6 is 24.0 Å². The quantitative estimate of drug-likeness (QED) is 0.211. The molecule has 2 rings (SSSR count). The highest BCUT2D eigenvalue weighted by Crippen LogP contribution is 2.22. The molecule has 8 nitrogen and oxygen atoms in total. The predicted octanol–water partition coefficient (Wildman–Crippen LogP) is 3.75. The lowest BCUT2D eigenvalue weighted by molar-refractivity contribution is -0.384. The van der Waals surface area contributed by atoms with Gasteiger partial charge in [-0.05, 0) is 12.5 Å². The van der Waals surface area contributed by atoms with E-state index in [1.807, 2.05) is 6.92 Å². The molecule has 0 aliphatic carbocycles. The van der Waals surface area contributed by atoms with Crippen LogP contribution in [0, 0.1) is 10.1 Å². The predicted molar refractivity (Wildman–Crippen MR) is 115 cm³/mol. The van der Waals surface area contributed by atoms with Crippen molar-refractivity contribution in [3.63, 3.8) is 0 Å². The van der Waals surface area contributed by atoms with Crippen molar-refractivity contribution < 1.29 is 9.34 Å². The average Bonchev–Trinajstić information content (AvgIpc) is 3.07. The molecule has 0 bridgehead atoms. The number of nitro benzene ring substituents is 1. The van der Waals surface area contributed by atoms with Crippen LogP contribution in [0.1, 0.15) is 44.9 Å². The Morgan fingerprint density at radius 3 is 2.44 bits per heavy atom. The maximum Gasteiger partial charge on any atom is 0.269 e. The maximum atomic E-state index is 10.7. The summed E-state index contributed by atoms with van der Waals surface area (Å²) in [6.07, 6.45) is 1.75. The number of halogens is 1. The van der Waals surface area contributed by atoms with Crippen molar-refractivity contribution in [3.05, 3.63) is 57.8 Å². The van der Waals surface area contributed by atoms with E-state index in [2.05, 4.69) is 41.4 Å². The van der Waals surface area contributed by atoms with Crippen molar-refractivity contribution in [2.45, 2.75) is 46.2 Å². The Kier molecular flexibility index (Phi) is 8.67. The van der Waals surface area contributed by atoms with Crippen molar-refractivity contribution in [2.24, 2.45) is 4.99 Å². The molecule has 0 amide bonds. The molecule has 0 saturated carbocycles. The van der Waals surface area contributed by atoms with Gasteiger partial charge in [0.25, 0.3) is 5.69 Å². The van der Waals surface area contributed by atoms with Crippen molar-refractivity contribution in [1.29, 1.82) is 0 Å². The van der Waals surface area contributed by atoms with E-state index in [1.54, 1.807) is 18.3 Å². The summed E-state index contributed by atoms with van der Waals surface area (Å²) in [6.45, 7) is 9.73. The first-order valence-electron chi connectivity index (χ1n) is 8.50. The highest BCUT2D eigenvalue weighted by molar-refractivity contribution is 14.0. The molecule has 148 valence electrons. The lowest BCUT2D eigenvalue weighted by Crippen LogP contribution is -2.36. The van der Waals surface area contributed by atoms with Gasteiger partial charge in [-0.25, -0.2) is 9.98 Å². The molecule has 0 saturated heterocycles. The summed E-state index contributed by atoms with van der Waals surface area (Å²) in [7, 11) is 0. The fourth-order valence-electron chi connectivity index (χ4n) is 2.13. The van der Waals surface area contributed by atoms with Gasteiger partial charge in [0, 0.05) is 24.1 Å². The molecule has 0 atom stereocenters. The first-order valence-corrected chi connectivity index (χ1v) is 8.50. The molecular weight excluding hydrogens is 461 g/mol. The van der Waals surface area contributed by atoms with Crippen molar-refractivity contribution in [1.82, 2.24) is 15.6 Å². The Balaban J connectivity index is 0.00000364. The van der Waals surface area contributed by atoms with E-state index in [9.17, 15) is 10.1 Å². The SMILES string of the molecule is CCNC(=NCc1ccc([N+](=O)[O-])cc1)NCc1ncc(C(C)(C)C)o1.I. The van der Waals surface area contributed by atoms with E-state index >= 15 is 0 Å². The van der Waals surface area contributed by atoms with Crippen LogP contribution in [0.2, 0.25) is 0 Å². The molecule has 2 N–H and O–H groups in total. The number of nitrogens with zero attached hydrogens (tertiary/aromatic N) is 3. The van der Waals surface area contributed by atoms with Crippen LogP contribution in [0.4, 0.5) is 5.69 Å². The van der Waals surface area contributed by atoms with Crippen LogP contribution in [0.5, 0.6) is 0 Å². The second-order valence-electron chi connectivity index (χ2n) is 6.84. The van der Waals surface area contributed by atoms with Crippen molar-refractivity contribution in [3.8, 4) is 0 Å². The topological polar surface area (TPSA) is 106 Å². The third kappa shape index (κ3) is 7.16. The van der Waals surface area contributed by atoms with E-state index in [1.165, 1.54) is 12.1 Å². The third-order valence-electron chi connectivity index (χ3n) is 3.61. The number of rotatable bonds is 6. The lowest BCUT2D eigenvalue weighted by atomic mass is 9.94. The van der Waals surface area contributed by atoms with Gasteiger partial charge in [-0.3, -0.25) is 10.1 Å². The van der Waals surface area contributed by atoms with E-state index in [0.717, 1.165) is 11.3 Å². The van der Waals surface area contributed by atoms with Crippen LogP contribution < -0.4 is 10.6 Å². The molecule has 1 aromatic carbocycles. The van der Waals surface area contributed by atoms with E-state index in [4.69, 9.17) is 4.42 Å². The second kappa shape index (κ2) is 10.2. The monoisotopic (exact) mass is 487 g/mol. The number of oxazole rings is 1. The highest BCUT2D eigenvalue weighted by atomic mass is 127. The number of hydrogen-bond donors (Lipinski definition) is 2. The molecule has 2 aromatic rings. The zero-order valence-electron chi connectivity index (χ0n) is 16.0. The van der Waals surface area contributed by atoms with Crippen LogP contribution in [-0.4, -0.2) is 22.4 Å². The Morgan fingerprint density at radius 2 is 1.93 bits per heavy atom. The number of non-ortho nitro benzene ring substituents is 1. The number of nitrogens with one attached hydrogen (secondary N) is 2. The summed E-state index contributed by atoms with van der Waals surface area (Å²) in [5.74, 6) is 2.05. The van der Waals surface area contributed by atoms with Crippen LogP contribution in [0.3, 0.4) is 0 Å². The summed E-state index contributed by atoms with van der Waals surface area (Å²) >= 11 is 0. The van der Waals surface area contributed by atoms with Crippen LogP contribution in [0.15, 0.2) is 39.9 Å². The molecule has 0 aliphatic rings. The Bertz CT molecular complexity index is 766. The standard InChI is InChI=1S/C18H25N5O3.HI/c1-5-19-17(21-10-13-6-8-14(9-7-13)23(24)25)22-12-16-20-11-15(26-16)18(2,3)4;/h6-9,11H,5,10,12H2,1-4H3,(H2,19,21,22);1H. The number of hydrogen-bond acceptors (Lipinski definition) is 5. The molecule has 0 unspecified atom stereocenters. The highest BCUT2D eigenvalue weighted by Gasteiger charge is 2.19. The van der Waals surface area contributed by atoms with Gasteiger partial charge in [0.1, 0.15) is 5.76 Å². The largest absolute Gasteiger partial charge is 0.443 e. The average molecular weight is 487 g/mol. The van der Waals surface area contributed by atoms with E-state index in [0.29, 0.717) is 31.5 Å². The summed E-state index contributed by atoms with van der Waals surface area (Å²) in [5, 5.41) is 17.0. The fraction of sp³-hybridized carbons (Fsp3) is 0.444. The molecule has 0 radical (unpaired) electrons. The third-order valence-corrected chi connectivity index (χ3v) is 3.61. The number of nitro groups is 1. The first-order chi connectivity index (χ1) is 12.3. The van der Waals surface area contributed by atoms with E-state index in [-0.39, 0.29) is 35.1 Å². The molecule has 1 aromatic heterocycles. The Morgan fingerprint density at radius 1 is 1.26 bits per heavy atom. The summed E-state index contributed by atoms with van der Waals surface area (Å²) in [6, 6.07) is 6.36. The summed E-state index contributed by atoms with van der Waals surface area (Å²) < 4.78 is 5.75. The number of guanidine groups is 1. The smallest absolute Gasteiger partial charge is 0.269 e. The summed E-state index contributed by atoms with van der Waals surface area (Å²) in [5.41, 5.74) is 0.875. The second-order valence-corrected chi connectivity index (χ2v) is 6.84.